The Morgan fingerprint density at radius 3 is 3.06 bits per heavy atom. The fraction of sp³-hybridized carbons (Fsp3) is 0.357. The molecule has 1 aromatic heterocycles. The van der Waals surface area contributed by atoms with Crippen LogP contribution in [0.15, 0.2) is 36.5 Å². The summed E-state index contributed by atoms with van der Waals surface area (Å²) in [6, 6.07) is 11.5. The lowest BCUT2D eigenvalue weighted by Crippen LogP contribution is -2.19. The molecule has 16 heavy (non-hydrogen) atoms. The van der Waals surface area contributed by atoms with Gasteiger partial charge in [0.05, 0.1) is 5.52 Å². The molecule has 2 nitrogen and oxygen atoms in total. The Labute approximate surface area is 95.7 Å². The van der Waals surface area contributed by atoms with Crippen molar-refractivity contribution in [3.8, 4) is 0 Å². The Balaban J connectivity index is 1.71. The van der Waals surface area contributed by atoms with Crippen molar-refractivity contribution in [1.29, 1.82) is 0 Å². The maximum absolute atomic E-state index is 4.33. The van der Waals surface area contributed by atoms with E-state index >= 15 is 0 Å². The summed E-state index contributed by atoms with van der Waals surface area (Å²) in [6.45, 7) is 1.09. The second kappa shape index (κ2) is 4.22. The van der Waals surface area contributed by atoms with Gasteiger partial charge in [-0.1, -0.05) is 12.1 Å². The highest BCUT2D eigenvalue weighted by Gasteiger charge is 2.19. The molecule has 0 saturated heterocycles. The number of rotatable bonds is 4. The highest BCUT2D eigenvalue weighted by molar-refractivity contribution is 5.78. The second-order valence-electron chi connectivity index (χ2n) is 4.51. The van der Waals surface area contributed by atoms with Gasteiger partial charge in [-0.3, -0.25) is 4.98 Å². The fourth-order valence-corrected chi connectivity index (χ4v) is 1.99. The molecule has 1 N–H and O–H groups in total. The van der Waals surface area contributed by atoms with Crippen LogP contribution in [0, 0.1) is 0 Å². The Kier molecular flexibility index (Phi) is 2.58. The molecule has 3 rings (SSSR count). The van der Waals surface area contributed by atoms with Gasteiger partial charge in [-0.25, -0.2) is 0 Å². The van der Waals surface area contributed by atoms with E-state index in [0.29, 0.717) is 0 Å². The molecule has 1 fully saturated rings. The smallest absolute Gasteiger partial charge is 0.0702 e. The van der Waals surface area contributed by atoms with Crippen molar-refractivity contribution in [3.63, 3.8) is 0 Å². The molecular formula is C14H16N2. The predicted octanol–water partition coefficient (Wildman–Crippen LogP) is 2.53. The Morgan fingerprint density at radius 2 is 2.19 bits per heavy atom. The molecule has 1 aliphatic carbocycles. The predicted molar refractivity (Wildman–Crippen MR) is 66.5 cm³/mol. The molecule has 2 aromatic rings. The lowest BCUT2D eigenvalue weighted by molar-refractivity contribution is 0.682. The first kappa shape index (κ1) is 9.79. The number of fused-ring (bicyclic) bond motifs is 1. The Hall–Kier alpha value is -1.41. The van der Waals surface area contributed by atoms with E-state index in [0.717, 1.165) is 24.5 Å². The second-order valence-corrected chi connectivity index (χ2v) is 4.51. The van der Waals surface area contributed by atoms with Crippen molar-refractivity contribution < 1.29 is 0 Å². The number of hydrogen-bond donors (Lipinski definition) is 1. The van der Waals surface area contributed by atoms with Gasteiger partial charge in [0, 0.05) is 17.6 Å². The summed E-state index contributed by atoms with van der Waals surface area (Å²) in [5, 5.41) is 4.78. The molecule has 82 valence electrons. The highest BCUT2D eigenvalue weighted by Crippen LogP contribution is 2.18. The molecule has 0 spiro atoms. The van der Waals surface area contributed by atoms with E-state index < -0.39 is 0 Å². The van der Waals surface area contributed by atoms with E-state index in [2.05, 4.69) is 34.6 Å². The van der Waals surface area contributed by atoms with Gasteiger partial charge in [-0.15, -0.1) is 0 Å². The molecule has 1 heterocycles. The van der Waals surface area contributed by atoms with Gasteiger partial charge in [0.2, 0.25) is 0 Å². The van der Waals surface area contributed by atoms with E-state index in [1.54, 1.807) is 0 Å². The van der Waals surface area contributed by atoms with Gasteiger partial charge in [-0.2, -0.15) is 0 Å². The summed E-state index contributed by atoms with van der Waals surface area (Å²) >= 11 is 0. The minimum Gasteiger partial charge on any atom is -0.314 e. The summed E-state index contributed by atoms with van der Waals surface area (Å²) in [5.74, 6) is 0. The van der Waals surface area contributed by atoms with Crippen LogP contribution in [-0.4, -0.2) is 17.6 Å². The van der Waals surface area contributed by atoms with Crippen molar-refractivity contribution in [2.45, 2.75) is 25.3 Å². The summed E-state index contributed by atoms with van der Waals surface area (Å²) in [4.78, 5) is 4.33. The zero-order chi connectivity index (χ0) is 10.8. The number of pyridine rings is 1. The molecular weight excluding hydrogens is 196 g/mol. The van der Waals surface area contributed by atoms with Gasteiger partial charge in [0.25, 0.3) is 0 Å². The quantitative estimate of drug-likeness (QED) is 0.842. The zero-order valence-electron chi connectivity index (χ0n) is 9.32. The third-order valence-corrected chi connectivity index (χ3v) is 3.09. The Bertz CT molecular complexity index is 489. The highest BCUT2D eigenvalue weighted by atomic mass is 14.9. The summed E-state index contributed by atoms with van der Waals surface area (Å²) in [5.41, 5.74) is 2.48. The zero-order valence-corrected chi connectivity index (χ0v) is 9.32. The average Bonchev–Trinajstić information content (AvgIpc) is 3.13. The molecule has 1 aromatic carbocycles. The van der Waals surface area contributed by atoms with Gasteiger partial charge in [0.15, 0.2) is 0 Å². The number of benzene rings is 1. The van der Waals surface area contributed by atoms with Crippen LogP contribution < -0.4 is 5.32 Å². The van der Waals surface area contributed by atoms with Crippen LogP contribution in [0.1, 0.15) is 18.4 Å². The van der Waals surface area contributed by atoms with Crippen molar-refractivity contribution >= 4 is 10.9 Å². The number of aromatic nitrogens is 1. The third-order valence-electron chi connectivity index (χ3n) is 3.09. The lowest BCUT2D eigenvalue weighted by Gasteiger charge is -2.04. The fourth-order valence-electron chi connectivity index (χ4n) is 1.99. The number of hydrogen-bond acceptors (Lipinski definition) is 2. The van der Waals surface area contributed by atoms with Crippen molar-refractivity contribution in [1.82, 2.24) is 10.3 Å². The molecule has 0 unspecified atom stereocenters. The van der Waals surface area contributed by atoms with E-state index in [1.807, 2.05) is 12.3 Å². The van der Waals surface area contributed by atoms with Gasteiger partial charge in [0.1, 0.15) is 0 Å². The van der Waals surface area contributed by atoms with E-state index in [-0.39, 0.29) is 0 Å². The number of nitrogens with zero attached hydrogens (tertiary/aromatic N) is 1. The maximum atomic E-state index is 4.33. The molecule has 0 aliphatic heterocycles. The molecule has 0 bridgehead atoms. The summed E-state index contributed by atoms with van der Waals surface area (Å²) in [6.07, 6.45) is 5.68. The third kappa shape index (κ3) is 2.22. The van der Waals surface area contributed by atoms with Crippen molar-refractivity contribution in [2.75, 3.05) is 6.54 Å². The molecule has 0 atom stereocenters. The van der Waals surface area contributed by atoms with E-state index in [4.69, 9.17) is 0 Å². The Morgan fingerprint density at radius 1 is 1.25 bits per heavy atom. The van der Waals surface area contributed by atoms with Gasteiger partial charge < -0.3 is 5.32 Å². The topological polar surface area (TPSA) is 24.9 Å². The van der Waals surface area contributed by atoms with Gasteiger partial charge >= 0.3 is 0 Å². The first-order valence-corrected chi connectivity index (χ1v) is 5.99. The molecule has 0 amide bonds. The van der Waals surface area contributed by atoms with Crippen LogP contribution in [0.25, 0.3) is 10.9 Å². The normalized spacial score (nSPS) is 15.5. The molecule has 2 heteroatoms. The van der Waals surface area contributed by atoms with Crippen molar-refractivity contribution in [3.05, 3.63) is 42.1 Å². The van der Waals surface area contributed by atoms with E-state index in [9.17, 15) is 0 Å². The first-order chi connectivity index (χ1) is 7.92. The largest absolute Gasteiger partial charge is 0.314 e. The lowest BCUT2D eigenvalue weighted by atomic mass is 10.1. The average molecular weight is 212 g/mol. The monoisotopic (exact) mass is 212 g/mol. The number of nitrogens with one attached hydrogen (secondary N) is 1. The minimum atomic E-state index is 0.808. The molecule has 1 aliphatic rings. The van der Waals surface area contributed by atoms with Crippen LogP contribution in [0.5, 0.6) is 0 Å². The summed E-state index contributed by atoms with van der Waals surface area (Å²) < 4.78 is 0. The van der Waals surface area contributed by atoms with E-state index in [1.165, 1.54) is 23.8 Å². The van der Waals surface area contributed by atoms with Crippen LogP contribution in [-0.2, 0) is 6.42 Å². The maximum Gasteiger partial charge on any atom is 0.0702 e. The summed E-state index contributed by atoms with van der Waals surface area (Å²) in [7, 11) is 0. The SMILES string of the molecule is c1cnc2ccc(CCNC3CC3)cc2c1. The standard InChI is InChI=1S/C14H16N2/c1-2-12-10-11(3-6-14(12)16-8-1)7-9-15-13-4-5-13/h1-3,6,8,10,13,15H,4-5,7,9H2. The minimum absolute atomic E-state index is 0.808. The van der Waals surface area contributed by atoms with Crippen molar-refractivity contribution in [2.24, 2.45) is 0 Å². The van der Waals surface area contributed by atoms with Crippen LogP contribution >= 0.6 is 0 Å². The first-order valence-electron chi connectivity index (χ1n) is 5.99. The van der Waals surface area contributed by atoms with Crippen LogP contribution in [0.4, 0.5) is 0 Å². The molecule has 1 saturated carbocycles. The molecule has 0 radical (unpaired) electrons. The van der Waals surface area contributed by atoms with Gasteiger partial charge in [-0.05, 0) is 49.6 Å². The van der Waals surface area contributed by atoms with Crippen LogP contribution in [0.3, 0.4) is 0 Å². The van der Waals surface area contributed by atoms with Crippen LogP contribution in [0.2, 0.25) is 0 Å².